The number of Topliss-reactive ketones (excluding diaryl/α,β-unsaturated/α-hetero) is 1. The normalized spacial score (nSPS) is 20.5. The topological polar surface area (TPSA) is 38.3 Å². The molecule has 1 rings (SSSR count). The van der Waals surface area contributed by atoms with E-state index in [1.807, 2.05) is 0 Å². The molecule has 0 aliphatic heterocycles. The Morgan fingerprint density at radius 1 is 1.55 bits per heavy atom. The molecule has 0 heterocycles. The molecule has 1 N–H and O–H groups in total. The fourth-order valence-electron chi connectivity index (χ4n) is 1.22. The third kappa shape index (κ3) is 3.03. The zero-order valence-corrected chi connectivity index (χ0v) is 6.51. The van der Waals surface area contributed by atoms with Gasteiger partial charge in [0.2, 0.25) is 0 Å². The first-order chi connectivity index (χ1) is 5.33. The van der Waals surface area contributed by atoms with Crippen molar-refractivity contribution >= 4 is 13.6 Å². The number of ketones is 1. The van der Waals surface area contributed by atoms with Crippen LogP contribution in [0.2, 0.25) is 0 Å². The molecule has 4 heteroatoms. The summed E-state index contributed by atoms with van der Waals surface area (Å²) in [5.74, 6) is 0.357. The Kier molecular flexibility index (Phi) is 3.59. The maximum atomic E-state index is 10.8. The summed E-state index contributed by atoms with van der Waals surface area (Å²) in [7, 11) is 5.12. The zero-order valence-electron chi connectivity index (χ0n) is 6.51. The van der Waals surface area contributed by atoms with Crippen molar-refractivity contribution in [2.24, 2.45) is 0 Å². The summed E-state index contributed by atoms with van der Waals surface area (Å²) in [6, 6.07) is 0.316. The fourth-order valence-corrected chi connectivity index (χ4v) is 1.22. The lowest BCUT2D eigenvalue weighted by Crippen LogP contribution is -2.33. The van der Waals surface area contributed by atoms with Crippen LogP contribution in [0, 0.1) is 0 Å². The van der Waals surface area contributed by atoms with Gasteiger partial charge in [0.25, 0.3) is 0 Å². The highest BCUT2D eigenvalue weighted by molar-refractivity contribution is 6.08. The quantitative estimate of drug-likeness (QED) is 0.463. The molecule has 2 radical (unpaired) electrons. The van der Waals surface area contributed by atoms with Crippen molar-refractivity contribution < 1.29 is 9.63 Å². The molecule has 1 saturated carbocycles. The van der Waals surface area contributed by atoms with Crippen LogP contribution in [0.15, 0.2) is 0 Å². The van der Waals surface area contributed by atoms with E-state index < -0.39 is 0 Å². The Hall–Kier alpha value is -0.345. The third-order valence-corrected chi connectivity index (χ3v) is 1.88. The van der Waals surface area contributed by atoms with Crippen LogP contribution in [0.25, 0.3) is 0 Å². The minimum Gasteiger partial charge on any atom is -0.311 e. The van der Waals surface area contributed by atoms with Gasteiger partial charge in [-0.15, -0.1) is 0 Å². The first-order valence-corrected chi connectivity index (χ1v) is 3.92. The summed E-state index contributed by atoms with van der Waals surface area (Å²) in [6.45, 7) is 0.185. The molecule has 0 unspecified atom stereocenters. The van der Waals surface area contributed by atoms with Crippen molar-refractivity contribution in [3.8, 4) is 0 Å². The lowest BCUT2D eigenvalue weighted by molar-refractivity contribution is -0.121. The molecular weight excluding hydrogens is 141 g/mol. The van der Waals surface area contributed by atoms with Gasteiger partial charge in [0.05, 0.1) is 0 Å². The number of nitrogens with one attached hydrogen (secondary N) is 1. The summed E-state index contributed by atoms with van der Waals surface area (Å²) in [4.78, 5) is 15.6. The van der Waals surface area contributed by atoms with Crippen LogP contribution < -0.4 is 5.48 Å². The second kappa shape index (κ2) is 4.52. The van der Waals surface area contributed by atoms with Gasteiger partial charge in [-0.2, -0.15) is 0 Å². The summed E-state index contributed by atoms with van der Waals surface area (Å²) in [5.41, 5.74) is 2.81. The fraction of sp³-hybridized carbons (Fsp3) is 0.857. The maximum Gasteiger partial charge on any atom is 0.133 e. The van der Waals surface area contributed by atoms with Crippen molar-refractivity contribution in [2.75, 3.05) is 6.51 Å². The predicted octanol–water partition coefficient (Wildman–Crippen LogP) is 0.145. The molecule has 3 nitrogen and oxygen atoms in total. The third-order valence-electron chi connectivity index (χ3n) is 1.88. The zero-order chi connectivity index (χ0) is 8.10. The molecule has 1 fully saturated rings. The van der Waals surface area contributed by atoms with Crippen molar-refractivity contribution in [3.05, 3.63) is 0 Å². The van der Waals surface area contributed by atoms with Crippen LogP contribution in [0.4, 0.5) is 0 Å². The van der Waals surface area contributed by atoms with Gasteiger partial charge < -0.3 is 4.84 Å². The standard InChI is InChI=1S/C7H12BNO2/c8-5-11-9-6-1-3-7(10)4-2-6/h6,9H,1-5H2. The summed E-state index contributed by atoms with van der Waals surface area (Å²) >= 11 is 0. The number of hydrogen-bond acceptors (Lipinski definition) is 3. The number of rotatable bonds is 3. The molecule has 0 bridgehead atoms. The molecule has 0 aromatic heterocycles. The molecule has 1 aliphatic carbocycles. The van der Waals surface area contributed by atoms with E-state index in [2.05, 4.69) is 5.48 Å². The minimum atomic E-state index is 0.185. The van der Waals surface area contributed by atoms with E-state index in [0.29, 0.717) is 24.7 Å². The van der Waals surface area contributed by atoms with Crippen LogP contribution >= 0.6 is 0 Å². The van der Waals surface area contributed by atoms with Crippen LogP contribution in [-0.2, 0) is 9.63 Å². The predicted molar refractivity (Wildman–Crippen MR) is 42.1 cm³/mol. The van der Waals surface area contributed by atoms with Crippen molar-refractivity contribution in [2.45, 2.75) is 31.7 Å². The van der Waals surface area contributed by atoms with Gasteiger partial charge in [-0.25, -0.2) is 5.48 Å². The average molecular weight is 153 g/mol. The molecule has 60 valence electrons. The molecular formula is C7H12BNO2. The van der Waals surface area contributed by atoms with Gasteiger partial charge in [0.15, 0.2) is 0 Å². The van der Waals surface area contributed by atoms with E-state index >= 15 is 0 Å². The minimum absolute atomic E-state index is 0.185. The second-order valence-electron chi connectivity index (χ2n) is 2.74. The van der Waals surface area contributed by atoms with Crippen LogP contribution in [-0.4, -0.2) is 26.2 Å². The second-order valence-corrected chi connectivity index (χ2v) is 2.74. The SMILES string of the molecule is [B]CONC1CCC(=O)CC1. The monoisotopic (exact) mass is 153 g/mol. The lowest BCUT2D eigenvalue weighted by Gasteiger charge is -2.21. The Labute approximate surface area is 67.9 Å². The maximum absolute atomic E-state index is 10.8. The Morgan fingerprint density at radius 2 is 2.18 bits per heavy atom. The molecule has 0 spiro atoms. The van der Waals surface area contributed by atoms with Gasteiger partial charge >= 0.3 is 0 Å². The first kappa shape index (κ1) is 8.75. The van der Waals surface area contributed by atoms with Gasteiger partial charge in [-0.05, 0) is 12.8 Å². The largest absolute Gasteiger partial charge is 0.311 e. The molecule has 0 atom stereocenters. The number of carbonyl (C=O) groups excluding carboxylic acids is 1. The Balaban J connectivity index is 2.12. The Bertz CT molecular complexity index is 130. The van der Waals surface area contributed by atoms with Gasteiger partial charge in [-0.3, -0.25) is 4.79 Å². The van der Waals surface area contributed by atoms with Crippen LogP contribution in [0.5, 0.6) is 0 Å². The van der Waals surface area contributed by atoms with E-state index in [0.717, 1.165) is 12.8 Å². The van der Waals surface area contributed by atoms with Crippen molar-refractivity contribution in [1.82, 2.24) is 5.48 Å². The molecule has 0 aromatic carbocycles. The summed E-state index contributed by atoms with van der Waals surface area (Å²) in [5, 5.41) is 0. The smallest absolute Gasteiger partial charge is 0.133 e. The van der Waals surface area contributed by atoms with E-state index in [1.54, 1.807) is 0 Å². The lowest BCUT2D eigenvalue weighted by atomic mass is 9.95. The van der Waals surface area contributed by atoms with Crippen molar-refractivity contribution in [3.63, 3.8) is 0 Å². The van der Waals surface area contributed by atoms with Gasteiger partial charge in [-0.1, -0.05) is 0 Å². The van der Waals surface area contributed by atoms with E-state index in [1.165, 1.54) is 0 Å². The van der Waals surface area contributed by atoms with E-state index in [9.17, 15) is 4.79 Å². The molecule has 0 saturated heterocycles. The molecule has 1 aliphatic rings. The molecule has 0 aromatic rings. The van der Waals surface area contributed by atoms with E-state index in [4.69, 9.17) is 12.7 Å². The Morgan fingerprint density at radius 3 is 2.73 bits per heavy atom. The van der Waals surface area contributed by atoms with Crippen LogP contribution in [0.3, 0.4) is 0 Å². The molecule has 11 heavy (non-hydrogen) atoms. The summed E-state index contributed by atoms with van der Waals surface area (Å²) in [6.07, 6.45) is 3.09. The first-order valence-electron chi connectivity index (χ1n) is 3.92. The average Bonchev–Trinajstić information content (AvgIpc) is 2.04. The van der Waals surface area contributed by atoms with Gasteiger partial charge in [0.1, 0.15) is 13.6 Å². The van der Waals surface area contributed by atoms with Crippen molar-refractivity contribution in [1.29, 1.82) is 0 Å². The highest BCUT2D eigenvalue weighted by Crippen LogP contribution is 2.14. The van der Waals surface area contributed by atoms with Crippen LogP contribution in [0.1, 0.15) is 25.7 Å². The highest BCUT2D eigenvalue weighted by Gasteiger charge is 2.17. The summed E-state index contributed by atoms with van der Waals surface area (Å²) < 4.78 is 0. The number of hydroxylamine groups is 1. The van der Waals surface area contributed by atoms with E-state index in [-0.39, 0.29) is 6.51 Å². The molecule has 0 amide bonds. The number of carbonyl (C=O) groups is 1. The van der Waals surface area contributed by atoms with Gasteiger partial charge in [0, 0.05) is 25.4 Å². The highest BCUT2D eigenvalue weighted by atomic mass is 16.6. The number of hydrogen-bond donors (Lipinski definition) is 1.